The summed E-state index contributed by atoms with van der Waals surface area (Å²) in [4.78, 5) is 30.2. The largest absolute Gasteiger partial charge is 0.495 e. The van der Waals surface area contributed by atoms with Gasteiger partial charge in [-0.1, -0.05) is 24.3 Å². The van der Waals surface area contributed by atoms with Crippen molar-refractivity contribution in [1.29, 1.82) is 10.5 Å². The summed E-state index contributed by atoms with van der Waals surface area (Å²) in [5.41, 5.74) is 2.69. The summed E-state index contributed by atoms with van der Waals surface area (Å²) in [7, 11) is 1.71. The minimum Gasteiger partial charge on any atom is -0.495 e. The molecule has 1 aromatic heterocycles. The number of methoxy groups -OCH3 is 1. The molecule has 0 unspecified atom stereocenters. The Morgan fingerprint density at radius 2 is 1.90 bits per heavy atom. The molecule has 10 nitrogen and oxygen atoms in total. The lowest BCUT2D eigenvalue weighted by Crippen LogP contribution is -2.47. The Morgan fingerprint density at radius 1 is 1.12 bits per heavy atom. The number of nitrogens with one attached hydrogen (secondary N) is 2. The highest BCUT2D eigenvalue weighted by Crippen LogP contribution is 2.28. The second kappa shape index (κ2) is 14.2. The number of carbonyl (C=O) groups is 1. The maximum Gasteiger partial charge on any atom is 0.270 e. The van der Waals surface area contributed by atoms with Gasteiger partial charge in [-0.05, 0) is 43.2 Å². The smallest absolute Gasteiger partial charge is 0.270 e. The van der Waals surface area contributed by atoms with Crippen molar-refractivity contribution in [3.05, 3.63) is 73.6 Å². The van der Waals surface area contributed by atoms with Crippen molar-refractivity contribution in [1.82, 2.24) is 14.8 Å². The molecular weight excluding hydrogens is 538 g/mol. The summed E-state index contributed by atoms with van der Waals surface area (Å²) < 4.78 is 7.56. The van der Waals surface area contributed by atoms with E-state index in [4.69, 9.17) is 10.00 Å². The van der Waals surface area contributed by atoms with Crippen LogP contribution in [0.15, 0.2) is 53.3 Å². The lowest BCUT2D eigenvalue weighted by molar-refractivity contribution is -0.115. The third kappa shape index (κ3) is 7.14. The van der Waals surface area contributed by atoms with E-state index in [1.54, 1.807) is 20.2 Å². The molecule has 41 heavy (non-hydrogen) atoms. The Balaban J connectivity index is 1.41. The van der Waals surface area contributed by atoms with E-state index >= 15 is 0 Å². The monoisotopic (exact) mass is 571 g/mol. The van der Waals surface area contributed by atoms with E-state index in [9.17, 15) is 14.9 Å². The number of thiazole rings is 1. The highest BCUT2D eigenvalue weighted by Gasteiger charge is 2.19. The molecule has 1 aliphatic heterocycles. The van der Waals surface area contributed by atoms with Crippen molar-refractivity contribution in [3.8, 4) is 17.9 Å². The first-order valence-corrected chi connectivity index (χ1v) is 14.3. The van der Waals surface area contributed by atoms with Gasteiger partial charge in [-0.2, -0.15) is 10.5 Å². The highest BCUT2D eigenvalue weighted by atomic mass is 32.1. The summed E-state index contributed by atoms with van der Waals surface area (Å²) in [5, 5.41) is 23.9. The molecule has 1 fully saturated rings. The molecule has 1 aliphatic rings. The average Bonchev–Trinajstić information content (AvgIpc) is 3.33. The first kappa shape index (κ1) is 29.4. The van der Waals surface area contributed by atoms with Gasteiger partial charge in [0.1, 0.15) is 27.6 Å². The van der Waals surface area contributed by atoms with Crippen LogP contribution in [0.25, 0.3) is 11.8 Å². The molecular formula is C30H33N7O3S. The van der Waals surface area contributed by atoms with Crippen molar-refractivity contribution in [3.63, 3.8) is 0 Å². The van der Waals surface area contributed by atoms with Gasteiger partial charge in [0, 0.05) is 51.2 Å². The molecule has 2 aromatic carbocycles. The number of anilines is 2. The second-order valence-electron chi connectivity index (χ2n) is 9.39. The van der Waals surface area contributed by atoms with Crippen molar-refractivity contribution in [2.75, 3.05) is 56.6 Å². The third-order valence-corrected chi connectivity index (χ3v) is 8.05. The van der Waals surface area contributed by atoms with Gasteiger partial charge in [-0.3, -0.25) is 19.1 Å². The molecule has 2 heterocycles. The lowest BCUT2D eigenvalue weighted by atomic mass is 10.1. The van der Waals surface area contributed by atoms with E-state index in [1.165, 1.54) is 10.1 Å². The Bertz CT molecular complexity index is 1640. The van der Waals surface area contributed by atoms with Crippen LogP contribution in [0.2, 0.25) is 0 Å². The van der Waals surface area contributed by atoms with Crippen LogP contribution in [-0.2, 0) is 17.8 Å². The highest BCUT2D eigenvalue weighted by molar-refractivity contribution is 7.07. The van der Waals surface area contributed by atoms with Gasteiger partial charge >= 0.3 is 0 Å². The normalized spacial score (nSPS) is 14.6. The van der Waals surface area contributed by atoms with Crippen molar-refractivity contribution in [2.45, 2.75) is 19.9 Å². The molecule has 4 rings (SSSR count). The number of hydrogen-bond acceptors (Lipinski definition) is 9. The number of hydrogen-bond donors (Lipinski definition) is 2. The number of rotatable bonds is 10. The van der Waals surface area contributed by atoms with Gasteiger partial charge < -0.3 is 20.3 Å². The van der Waals surface area contributed by atoms with Crippen LogP contribution >= 0.6 is 11.3 Å². The average molecular weight is 572 g/mol. The predicted octanol–water partition coefficient (Wildman–Crippen LogP) is 1.47. The van der Waals surface area contributed by atoms with Crippen LogP contribution < -0.4 is 35.0 Å². The van der Waals surface area contributed by atoms with E-state index in [2.05, 4.69) is 38.6 Å². The number of amides is 1. The molecule has 1 amide bonds. The summed E-state index contributed by atoms with van der Waals surface area (Å²) in [6, 6.07) is 19.9. The molecule has 11 heteroatoms. The first-order chi connectivity index (χ1) is 20.0. The summed E-state index contributed by atoms with van der Waals surface area (Å²) in [6.45, 7) is 6.65. The number of nitrogens with zero attached hydrogens (tertiary/aromatic N) is 5. The molecule has 212 valence electrons. The quantitative estimate of drug-likeness (QED) is 0.351. The van der Waals surface area contributed by atoms with Gasteiger partial charge in [0.05, 0.1) is 18.9 Å². The molecule has 0 radical (unpaired) electrons. The predicted molar refractivity (Wildman–Crippen MR) is 161 cm³/mol. The summed E-state index contributed by atoms with van der Waals surface area (Å²) in [6.07, 6.45) is 2.51. The van der Waals surface area contributed by atoms with Crippen LogP contribution in [0.4, 0.5) is 11.4 Å². The number of para-hydroxylation sites is 2. The fourth-order valence-corrected chi connectivity index (χ4v) is 5.84. The van der Waals surface area contributed by atoms with E-state index in [0.29, 0.717) is 11.1 Å². The number of nitriles is 2. The van der Waals surface area contributed by atoms with Crippen molar-refractivity contribution in [2.24, 2.45) is 0 Å². The van der Waals surface area contributed by atoms with Gasteiger partial charge in [0.15, 0.2) is 5.57 Å². The molecule has 0 bridgehead atoms. The molecule has 2 N–H and O–H groups in total. The van der Waals surface area contributed by atoms with E-state index < -0.39 is 5.91 Å². The Kier molecular flexibility index (Phi) is 10.2. The molecule has 1 saturated heterocycles. The van der Waals surface area contributed by atoms with E-state index in [0.717, 1.165) is 67.6 Å². The zero-order chi connectivity index (χ0) is 29.2. The maximum atomic E-state index is 13.0. The second-order valence-corrected chi connectivity index (χ2v) is 10.4. The molecule has 0 aliphatic carbocycles. The Labute approximate surface area is 243 Å². The lowest BCUT2D eigenvalue weighted by Gasteiger charge is -2.36. The topological polar surface area (TPSA) is 126 Å². The van der Waals surface area contributed by atoms with Crippen molar-refractivity contribution < 1.29 is 9.53 Å². The van der Waals surface area contributed by atoms with Gasteiger partial charge in [-0.15, -0.1) is 11.3 Å². The van der Waals surface area contributed by atoms with E-state index in [1.807, 2.05) is 42.5 Å². The Hall–Kier alpha value is -4.58. The van der Waals surface area contributed by atoms with Crippen molar-refractivity contribution >= 4 is 40.4 Å². The zero-order valence-corrected chi connectivity index (χ0v) is 24.0. The maximum absolute atomic E-state index is 13.0. The van der Waals surface area contributed by atoms with Crippen LogP contribution in [0, 0.1) is 22.7 Å². The molecule has 0 spiro atoms. The molecule has 3 aromatic rings. The number of benzene rings is 2. The summed E-state index contributed by atoms with van der Waals surface area (Å²) >= 11 is 1.07. The third-order valence-electron chi connectivity index (χ3n) is 6.92. The number of carbonyl (C=O) groups excluding carboxylic acids is 1. The number of aromatic nitrogens is 1. The van der Waals surface area contributed by atoms with Crippen LogP contribution in [0.5, 0.6) is 5.75 Å². The number of ether oxygens (including phenoxy) is 1. The minimum absolute atomic E-state index is 0.186. The molecule has 0 saturated carbocycles. The minimum atomic E-state index is -0.675. The Morgan fingerprint density at radius 3 is 2.61 bits per heavy atom. The zero-order valence-electron chi connectivity index (χ0n) is 23.2. The standard InChI is InChI=1S/C30H33N7O3S/c1-3-37-29(39)27(41-30(37)24(20-32)28(38)33-13-12-31)21-34-23-8-6-7-22(19-23)11-14-35-15-17-36(18-16-35)25-9-4-5-10-26(25)40-2/h4-10,19,21,34H,3,11,13-18H2,1-2H3,(H,33,38)/b27-21+,30-24-. The van der Waals surface area contributed by atoms with Crippen LogP contribution in [0.3, 0.4) is 0 Å². The van der Waals surface area contributed by atoms with Gasteiger partial charge in [0.2, 0.25) is 0 Å². The van der Waals surface area contributed by atoms with E-state index in [-0.39, 0.29) is 22.3 Å². The molecule has 0 atom stereocenters. The fourth-order valence-electron chi connectivity index (χ4n) is 4.75. The van der Waals surface area contributed by atoms with Gasteiger partial charge in [0.25, 0.3) is 11.5 Å². The van der Waals surface area contributed by atoms with Crippen LogP contribution in [0.1, 0.15) is 12.5 Å². The van der Waals surface area contributed by atoms with Crippen LogP contribution in [-0.4, -0.2) is 61.8 Å². The van der Waals surface area contributed by atoms with Gasteiger partial charge in [-0.25, -0.2) is 0 Å². The SMILES string of the molecule is CCn1c(=O)/c(=C\Nc2cccc(CCN3CCN(c4ccccc4OC)CC3)c2)s/c1=C(/C#N)C(=O)NCC#N. The number of piperazine rings is 1. The fraction of sp³-hybridized carbons (Fsp3) is 0.333. The first-order valence-electron chi connectivity index (χ1n) is 13.4. The summed E-state index contributed by atoms with van der Waals surface area (Å²) in [5.74, 6) is 0.227.